The minimum Gasteiger partial charge on any atom is -0.491 e. The Morgan fingerprint density at radius 3 is 2.65 bits per heavy atom. The summed E-state index contributed by atoms with van der Waals surface area (Å²) in [6.07, 6.45) is 2.13. The van der Waals surface area contributed by atoms with Crippen LogP contribution in [0.5, 0.6) is 5.75 Å². The van der Waals surface area contributed by atoms with E-state index in [1.807, 2.05) is 6.92 Å². The quantitative estimate of drug-likeness (QED) is 0.747. The van der Waals surface area contributed by atoms with Crippen LogP contribution < -0.4 is 4.74 Å². The average Bonchev–Trinajstić information content (AvgIpc) is 2.35. The van der Waals surface area contributed by atoms with Crippen LogP contribution in [0.25, 0.3) is 6.08 Å². The largest absolute Gasteiger partial charge is 0.491 e. The van der Waals surface area contributed by atoms with E-state index >= 15 is 0 Å². The highest BCUT2D eigenvalue weighted by molar-refractivity contribution is 5.62. The Balaban J connectivity index is 2.94. The zero-order valence-corrected chi connectivity index (χ0v) is 9.40. The zero-order valence-electron chi connectivity index (χ0n) is 9.40. The Bertz CT molecular complexity index is 493. The molecule has 0 N–H and O–H groups in total. The molecule has 0 fully saturated rings. The van der Waals surface area contributed by atoms with Gasteiger partial charge in [-0.05, 0) is 30.2 Å². The molecule has 0 aliphatic rings. The van der Waals surface area contributed by atoms with Crippen molar-refractivity contribution in [3.05, 3.63) is 35.2 Å². The third-order valence-electron chi connectivity index (χ3n) is 1.97. The number of hydrogen-bond acceptors (Lipinski definition) is 3. The Labute approximate surface area is 99.4 Å². The van der Waals surface area contributed by atoms with Crippen LogP contribution >= 0.6 is 0 Å². The molecule has 0 radical (unpaired) electrons. The van der Waals surface area contributed by atoms with E-state index in [0.717, 1.165) is 6.42 Å². The van der Waals surface area contributed by atoms with Crippen LogP contribution in [0.2, 0.25) is 0 Å². The van der Waals surface area contributed by atoms with Gasteiger partial charge in [0.25, 0.3) is 0 Å². The van der Waals surface area contributed by atoms with E-state index in [4.69, 9.17) is 15.3 Å². The second-order valence-corrected chi connectivity index (χ2v) is 3.32. The number of halogens is 1. The second-order valence-electron chi connectivity index (χ2n) is 3.32. The first kappa shape index (κ1) is 12.7. The standard InChI is InChI=1S/C13H11FN2O/c1-2-5-17-13-4-3-10(7-12(13)14)6-11(8-15)9-16/h3-4,6-7H,2,5H2,1H3. The summed E-state index contributed by atoms with van der Waals surface area (Å²) in [7, 11) is 0. The number of ether oxygens (including phenoxy) is 1. The summed E-state index contributed by atoms with van der Waals surface area (Å²) in [6, 6.07) is 7.75. The summed E-state index contributed by atoms with van der Waals surface area (Å²) in [5, 5.41) is 17.1. The van der Waals surface area contributed by atoms with Crippen LogP contribution in [0.3, 0.4) is 0 Å². The van der Waals surface area contributed by atoms with Gasteiger partial charge in [0.1, 0.15) is 17.7 Å². The Morgan fingerprint density at radius 2 is 2.12 bits per heavy atom. The first-order chi connectivity index (χ1) is 8.21. The molecule has 86 valence electrons. The maximum absolute atomic E-state index is 13.5. The van der Waals surface area contributed by atoms with Gasteiger partial charge in [0, 0.05) is 0 Å². The molecule has 0 aliphatic carbocycles. The van der Waals surface area contributed by atoms with Crippen molar-refractivity contribution in [3.8, 4) is 17.9 Å². The molecule has 17 heavy (non-hydrogen) atoms. The summed E-state index contributed by atoms with van der Waals surface area (Å²) < 4.78 is 18.7. The first-order valence-electron chi connectivity index (χ1n) is 5.15. The van der Waals surface area contributed by atoms with E-state index in [1.54, 1.807) is 18.2 Å². The molecule has 3 nitrogen and oxygen atoms in total. The van der Waals surface area contributed by atoms with E-state index in [1.165, 1.54) is 18.2 Å². The van der Waals surface area contributed by atoms with Crippen molar-refractivity contribution < 1.29 is 9.13 Å². The zero-order chi connectivity index (χ0) is 12.7. The van der Waals surface area contributed by atoms with Gasteiger partial charge < -0.3 is 4.74 Å². The van der Waals surface area contributed by atoms with Gasteiger partial charge >= 0.3 is 0 Å². The van der Waals surface area contributed by atoms with Crippen LogP contribution in [0.4, 0.5) is 4.39 Å². The third-order valence-corrected chi connectivity index (χ3v) is 1.97. The van der Waals surface area contributed by atoms with Crippen molar-refractivity contribution in [3.63, 3.8) is 0 Å². The maximum atomic E-state index is 13.5. The predicted molar refractivity (Wildman–Crippen MR) is 61.4 cm³/mol. The van der Waals surface area contributed by atoms with Crippen molar-refractivity contribution in [2.75, 3.05) is 6.61 Å². The fraction of sp³-hybridized carbons (Fsp3) is 0.231. The molecule has 4 heteroatoms. The highest BCUT2D eigenvalue weighted by Crippen LogP contribution is 2.19. The van der Waals surface area contributed by atoms with E-state index in [2.05, 4.69) is 0 Å². The highest BCUT2D eigenvalue weighted by atomic mass is 19.1. The fourth-order valence-electron chi connectivity index (χ4n) is 1.19. The summed E-state index contributed by atoms with van der Waals surface area (Å²) in [4.78, 5) is 0. The molecule has 0 unspecified atom stereocenters. The number of nitrogens with zero attached hydrogens (tertiary/aromatic N) is 2. The summed E-state index contributed by atoms with van der Waals surface area (Å²) in [6.45, 7) is 2.38. The molecule has 1 rings (SSSR count). The van der Waals surface area contributed by atoms with E-state index in [-0.39, 0.29) is 11.3 Å². The normalized spacial score (nSPS) is 8.94. The molecule has 0 heterocycles. The Kier molecular flexibility index (Phi) is 4.72. The molecule has 1 aromatic carbocycles. The molecule has 0 spiro atoms. The molecule has 0 atom stereocenters. The van der Waals surface area contributed by atoms with Crippen LogP contribution in [0.1, 0.15) is 18.9 Å². The fourth-order valence-corrected chi connectivity index (χ4v) is 1.19. The number of nitriles is 2. The van der Waals surface area contributed by atoms with Crippen LogP contribution in [-0.2, 0) is 0 Å². The van der Waals surface area contributed by atoms with Gasteiger partial charge in [0.2, 0.25) is 0 Å². The number of allylic oxidation sites excluding steroid dienone is 1. The van der Waals surface area contributed by atoms with Gasteiger partial charge in [0.05, 0.1) is 6.61 Å². The topological polar surface area (TPSA) is 56.8 Å². The summed E-state index contributed by atoms with van der Waals surface area (Å²) in [5.74, 6) is -0.318. The Morgan fingerprint density at radius 1 is 1.41 bits per heavy atom. The SMILES string of the molecule is CCCOc1ccc(C=C(C#N)C#N)cc1F. The molecule has 0 aromatic heterocycles. The molecule has 0 saturated carbocycles. The van der Waals surface area contributed by atoms with Crippen molar-refractivity contribution >= 4 is 6.08 Å². The number of hydrogen-bond donors (Lipinski definition) is 0. The van der Waals surface area contributed by atoms with E-state index < -0.39 is 5.82 Å². The molecule has 1 aromatic rings. The smallest absolute Gasteiger partial charge is 0.165 e. The minimum atomic E-state index is -0.498. The predicted octanol–water partition coefficient (Wildman–Crippen LogP) is 3.05. The van der Waals surface area contributed by atoms with Crippen LogP contribution in [0, 0.1) is 28.5 Å². The molecular weight excluding hydrogens is 219 g/mol. The molecule has 0 aliphatic heterocycles. The lowest BCUT2D eigenvalue weighted by Crippen LogP contribution is -1.97. The van der Waals surface area contributed by atoms with Gasteiger partial charge in [-0.25, -0.2) is 4.39 Å². The lowest BCUT2D eigenvalue weighted by molar-refractivity contribution is 0.301. The lowest BCUT2D eigenvalue weighted by Gasteiger charge is -2.05. The highest BCUT2D eigenvalue weighted by Gasteiger charge is 2.04. The second kappa shape index (κ2) is 6.30. The van der Waals surface area contributed by atoms with Gasteiger partial charge in [0.15, 0.2) is 11.6 Å². The monoisotopic (exact) mass is 230 g/mol. The van der Waals surface area contributed by atoms with E-state index in [0.29, 0.717) is 12.2 Å². The lowest BCUT2D eigenvalue weighted by atomic mass is 10.1. The van der Waals surface area contributed by atoms with Gasteiger partial charge in [-0.15, -0.1) is 0 Å². The average molecular weight is 230 g/mol. The molecular formula is C13H11FN2O. The summed E-state index contributed by atoms with van der Waals surface area (Å²) in [5.41, 5.74) is 0.399. The number of benzene rings is 1. The van der Waals surface area contributed by atoms with E-state index in [9.17, 15) is 4.39 Å². The van der Waals surface area contributed by atoms with Gasteiger partial charge in [-0.1, -0.05) is 13.0 Å². The first-order valence-corrected chi connectivity index (χ1v) is 5.15. The maximum Gasteiger partial charge on any atom is 0.165 e. The van der Waals surface area contributed by atoms with Gasteiger partial charge in [-0.3, -0.25) is 0 Å². The Hall–Kier alpha value is -2.33. The van der Waals surface area contributed by atoms with Gasteiger partial charge in [-0.2, -0.15) is 10.5 Å². The van der Waals surface area contributed by atoms with Crippen molar-refractivity contribution in [2.24, 2.45) is 0 Å². The van der Waals surface area contributed by atoms with Crippen LogP contribution in [-0.4, -0.2) is 6.61 Å². The molecule has 0 amide bonds. The van der Waals surface area contributed by atoms with Crippen LogP contribution in [0.15, 0.2) is 23.8 Å². The van der Waals surface area contributed by atoms with Crippen molar-refractivity contribution in [2.45, 2.75) is 13.3 Å². The molecule has 0 bridgehead atoms. The third kappa shape index (κ3) is 3.62. The van der Waals surface area contributed by atoms with Crippen molar-refractivity contribution in [1.82, 2.24) is 0 Å². The number of rotatable bonds is 4. The van der Waals surface area contributed by atoms with Crippen molar-refractivity contribution in [1.29, 1.82) is 10.5 Å². The summed E-state index contributed by atoms with van der Waals surface area (Å²) >= 11 is 0. The molecule has 0 saturated heterocycles. The minimum absolute atomic E-state index is 0.0633.